The van der Waals surface area contributed by atoms with Crippen molar-refractivity contribution in [3.8, 4) is 0 Å². The molecule has 2 aromatic carbocycles. The van der Waals surface area contributed by atoms with Gasteiger partial charge in [-0.15, -0.1) is 11.8 Å². The molecule has 0 amide bonds. The quantitative estimate of drug-likeness (QED) is 0.577. The molecule has 0 aromatic heterocycles. The highest BCUT2D eigenvalue weighted by molar-refractivity contribution is 7.98. The Bertz CT molecular complexity index is 552. The highest BCUT2D eigenvalue weighted by atomic mass is 35.5. The van der Waals surface area contributed by atoms with Crippen molar-refractivity contribution in [3.05, 3.63) is 63.6 Å². The smallest absolute Gasteiger partial charge is 0.150 e. The van der Waals surface area contributed by atoms with Gasteiger partial charge in [0.15, 0.2) is 0 Å². The van der Waals surface area contributed by atoms with Crippen molar-refractivity contribution in [1.29, 1.82) is 0 Å². The van der Waals surface area contributed by atoms with E-state index in [9.17, 15) is 4.79 Å². The van der Waals surface area contributed by atoms with Crippen molar-refractivity contribution in [3.63, 3.8) is 0 Å². The zero-order valence-corrected chi connectivity index (χ0v) is 11.7. The molecule has 0 fully saturated rings. The maximum Gasteiger partial charge on any atom is 0.150 e. The number of benzene rings is 2. The Hall–Kier alpha value is -0.960. The van der Waals surface area contributed by atoms with E-state index < -0.39 is 0 Å². The van der Waals surface area contributed by atoms with Crippen LogP contribution >= 0.6 is 35.0 Å². The van der Waals surface area contributed by atoms with Crippen molar-refractivity contribution >= 4 is 41.2 Å². The number of rotatable bonds is 4. The molecule has 18 heavy (non-hydrogen) atoms. The predicted octanol–water partition coefficient (Wildman–Crippen LogP) is 5.10. The first kappa shape index (κ1) is 13.5. The van der Waals surface area contributed by atoms with Crippen molar-refractivity contribution in [2.24, 2.45) is 0 Å². The van der Waals surface area contributed by atoms with Crippen LogP contribution in [0.2, 0.25) is 10.0 Å². The maximum atomic E-state index is 10.5. The van der Waals surface area contributed by atoms with Crippen LogP contribution in [-0.4, -0.2) is 6.29 Å². The van der Waals surface area contributed by atoms with E-state index in [1.807, 2.05) is 24.3 Å². The van der Waals surface area contributed by atoms with Crippen molar-refractivity contribution in [2.45, 2.75) is 10.6 Å². The molecule has 2 rings (SSSR count). The van der Waals surface area contributed by atoms with E-state index in [0.717, 1.165) is 22.5 Å². The molecule has 0 aliphatic heterocycles. The summed E-state index contributed by atoms with van der Waals surface area (Å²) in [5, 5.41) is 1.32. The van der Waals surface area contributed by atoms with Crippen LogP contribution in [0.15, 0.2) is 47.4 Å². The van der Waals surface area contributed by atoms with Gasteiger partial charge in [0.05, 0.1) is 0 Å². The molecule has 0 atom stereocenters. The van der Waals surface area contributed by atoms with Gasteiger partial charge in [-0.2, -0.15) is 0 Å². The van der Waals surface area contributed by atoms with Gasteiger partial charge < -0.3 is 0 Å². The molecule has 0 heterocycles. The number of carbonyl (C=O) groups excluding carboxylic acids is 1. The van der Waals surface area contributed by atoms with Crippen LogP contribution in [0.3, 0.4) is 0 Å². The summed E-state index contributed by atoms with van der Waals surface area (Å²) in [7, 11) is 0. The molecule has 92 valence electrons. The zero-order chi connectivity index (χ0) is 13.0. The summed E-state index contributed by atoms with van der Waals surface area (Å²) in [6, 6.07) is 13.0. The monoisotopic (exact) mass is 296 g/mol. The topological polar surface area (TPSA) is 17.1 Å². The van der Waals surface area contributed by atoms with Gasteiger partial charge in [0, 0.05) is 26.3 Å². The Morgan fingerprint density at radius 3 is 2.39 bits per heavy atom. The predicted molar refractivity (Wildman–Crippen MR) is 77.9 cm³/mol. The second kappa shape index (κ2) is 6.28. The third-order valence-corrected chi connectivity index (χ3v) is 4.07. The third kappa shape index (κ3) is 3.52. The van der Waals surface area contributed by atoms with E-state index in [4.69, 9.17) is 23.2 Å². The van der Waals surface area contributed by atoms with Gasteiger partial charge in [0.1, 0.15) is 6.29 Å². The first-order chi connectivity index (χ1) is 8.69. The van der Waals surface area contributed by atoms with E-state index in [-0.39, 0.29) is 0 Å². The summed E-state index contributed by atoms with van der Waals surface area (Å²) in [4.78, 5) is 11.6. The van der Waals surface area contributed by atoms with Gasteiger partial charge in [0.25, 0.3) is 0 Å². The van der Waals surface area contributed by atoms with E-state index in [2.05, 4.69) is 0 Å². The largest absolute Gasteiger partial charge is 0.298 e. The Morgan fingerprint density at radius 2 is 1.78 bits per heavy atom. The van der Waals surface area contributed by atoms with Gasteiger partial charge in [-0.25, -0.2) is 0 Å². The lowest BCUT2D eigenvalue weighted by atomic mass is 10.2. The number of aldehydes is 1. The molecule has 1 nitrogen and oxygen atoms in total. The molecule has 0 spiro atoms. The maximum absolute atomic E-state index is 10.5. The third-order valence-electron chi connectivity index (χ3n) is 2.43. The minimum Gasteiger partial charge on any atom is -0.298 e. The fourth-order valence-corrected chi connectivity index (χ4v) is 2.90. The molecule has 0 N–H and O–H groups in total. The normalized spacial score (nSPS) is 10.3. The van der Waals surface area contributed by atoms with E-state index in [0.29, 0.717) is 15.6 Å². The van der Waals surface area contributed by atoms with Crippen LogP contribution in [-0.2, 0) is 5.75 Å². The van der Waals surface area contributed by atoms with Gasteiger partial charge in [-0.05, 0) is 29.8 Å². The Morgan fingerprint density at radius 1 is 1.06 bits per heavy atom. The Kier molecular flexibility index (Phi) is 4.70. The van der Waals surface area contributed by atoms with E-state index >= 15 is 0 Å². The van der Waals surface area contributed by atoms with Gasteiger partial charge in [-0.3, -0.25) is 4.79 Å². The number of hydrogen-bond acceptors (Lipinski definition) is 2. The zero-order valence-electron chi connectivity index (χ0n) is 9.40. The molecule has 4 heteroatoms. The van der Waals surface area contributed by atoms with Gasteiger partial charge in [-0.1, -0.05) is 41.4 Å². The lowest BCUT2D eigenvalue weighted by Gasteiger charge is -2.05. The fourth-order valence-electron chi connectivity index (χ4n) is 1.44. The van der Waals surface area contributed by atoms with Crippen molar-refractivity contribution in [1.82, 2.24) is 0 Å². The summed E-state index contributed by atoms with van der Waals surface area (Å²) in [5.74, 6) is 0.774. The van der Waals surface area contributed by atoms with E-state index in [1.54, 1.807) is 30.0 Å². The highest BCUT2D eigenvalue weighted by Crippen LogP contribution is 2.28. The average Bonchev–Trinajstić information content (AvgIpc) is 2.38. The van der Waals surface area contributed by atoms with Crippen LogP contribution < -0.4 is 0 Å². The van der Waals surface area contributed by atoms with Crippen LogP contribution in [0, 0.1) is 0 Å². The standard InChI is InChI=1S/C14H10Cl2OS/c15-12-4-3-11(14(16)7-12)9-18-13-5-1-10(8-17)2-6-13/h1-8H,9H2. The van der Waals surface area contributed by atoms with Gasteiger partial charge in [0.2, 0.25) is 0 Å². The van der Waals surface area contributed by atoms with E-state index in [1.165, 1.54) is 0 Å². The SMILES string of the molecule is O=Cc1ccc(SCc2ccc(Cl)cc2Cl)cc1. The first-order valence-electron chi connectivity index (χ1n) is 5.31. The van der Waals surface area contributed by atoms with Crippen molar-refractivity contribution < 1.29 is 4.79 Å². The molecular weight excluding hydrogens is 287 g/mol. The lowest BCUT2D eigenvalue weighted by Crippen LogP contribution is -1.83. The Balaban J connectivity index is 2.04. The number of thioether (sulfide) groups is 1. The van der Waals surface area contributed by atoms with Crippen LogP contribution in [0.4, 0.5) is 0 Å². The fraction of sp³-hybridized carbons (Fsp3) is 0.0714. The number of halogens is 2. The number of hydrogen-bond donors (Lipinski definition) is 0. The summed E-state index contributed by atoms with van der Waals surface area (Å²) in [5.41, 5.74) is 1.73. The molecule has 0 saturated carbocycles. The molecule has 0 radical (unpaired) electrons. The summed E-state index contributed by atoms with van der Waals surface area (Å²) >= 11 is 13.6. The van der Waals surface area contributed by atoms with Crippen LogP contribution in [0.5, 0.6) is 0 Å². The van der Waals surface area contributed by atoms with Gasteiger partial charge >= 0.3 is 0 Å². The highest BCUT2D eigenvalue weighted by Gasteiger charge is 2.02. The Labute approximate surface area is 120 Å². The first-order valence-corrected chi connectivity index (χ1v) is 7.05. The molecule has 0 bridgehead atoms. The van der Waals surface area contributed by atoms with Crippen LogP contribution in [0.25, 0.3) is 0 Å². The molecule has 0 aliphatic rings. The molecule has 0 aliphatic carbocycles. The molecular formula is C14H10Cl2OS. The minimum absolute atomic E-state index is 0.643. The van der Waals surface area contributed by atoms with Crippen molar-refractivity contribution in [2.75, 3.05) is 0 Å². The second-order valence-electron chi connectivity index (χ2n) is 3.71. The molecule has 0 saturated heterocycles. The summed E-state index contributed by atoms with van der Waals surface area (Å²) in [6.45, 7) is 0. The summed E-state index contributed by atoms with van der Waals surface area (Å²) < 4.78 is 0. The second-order valence-corrected chi connectivity index (χ2v) is 5.60. The van der Waals surface area contributed by atoms with Crippen LogP contribution in [0.1, 0.15) is 15.9 Å². The number of carbonyl (C=O) groups is 1. The lowest BCUT2D eigenvalue weighted by molar-refractivity contribution is 0.112. The summed E-state index contributed by atoms with van der Waals surface area (Å²) in [6.07, 6.45) is 0.838. The molecule has 2 aromatic rings. The minimum atomic E-state index is 0.643. The molecule has 0 unspecified atom stereocenters. The average molecular weight is 297 g/mol.